The van der Waals surface area contributed by atoms with Crippen molar-refractivity contribution < 1.29 is 13.9 Å². The van der Waals surface area contributed by atoms with Gasteiger partial charge in [-0.05, 0) is 73.5 Å². The third-order valence-corrected chi connectivity index (χ3v) is 7.55. The fourth-order valence-electron chi connectivity index (χ4n) is 5.46. The molecule has 0 atom stereocenters. The fraction of sp³-hybridized carbons (Fsp3) is 0.226. The summed E-state index contributed by atoms with van der Waals surface area (Å²) in [5.41, 5.74) is 6.20. The van der Waals surface area contributed by atoms with E-state index < -0.39 is 0 Å². The number of methoxy groups -OCH3 is 1. The zero-order valence-corrected chi connectivity index (χ0v) is 22.5. The lowest BCUT2D eigenvalue weighted by atomic mass is 10.0. The molecule has 41 heavy (non-hydrogen) atoms. The number of ether oxygens (including phenoxy) is 2. The molecule has 0 radical (unpaired) electrons. The van der Waals surface area contributed by atoms with E-state index in [1.165, 1.54) is 25.0 Å². The largest absolute Gasteiger partial charge is 0.495 e. The molecule has 1 saturated heterocycles. The first kappa shape index (κ1) is 25.2. The average Bonchev–Trinajstić information content (AvgIpc) is 3.76. The summed E-state index contributed by atoms with van der Waals surface area (Å²) in [7, 11) is 1.61. The molecule has 0 aliphatic carbocycles. The van der Waals surface area contributed by atoms with Gasteiger partial charge >= 0.3 is 0 Å². The summed E-state index contributed by atoms with van der Waals surface area (Å²) < 4.78 is 26.0. The van der Waals surface area contributed by atoms with Crippen molar-refractivity contribution in [1.29, 1.82) is 0 Å². The summed E-state index contributed by atoms with van der Waals surface area (Å²) in [6.07, 6.45) is 9.38. The van der Waals surface area contributed by atoms with Crippen LogP contribution in [-0.2, 0) is 0 Å². The molecule has 206 valence electrons. The maximum absolute atomic E-state index is 14.7. The van der Waals surface area contributed by atoms with Crippen molar-refractivity contribution in [2.24, 2.45) is 0 Å². The van der Waals surface area contributed by atoms with Gasteiger partial charge in [-0.15, -0.1) is 0 Å². The molecule has 0 unspecified atom stereocenters. The van der Waals surface area contributed by atoms with E-state index in [0.717, 1.165) is 64.0 Å². The smallest absolute Gasteiger partial charge is 0.181 e. The Morgan fingerprint density at radius 2 is 1.76 bits per heavy atom. The summed E-state index contributed by atoms with van der Waals surface area (Å²) in [5, 5.41) is 9.23. The Hall–Kier alpha value is -4.83. The van der Waals surface area contributed by atoms with Crippen molar-refractivity contribution in [1.82, 2.24) is 35.0 Å². The van der Waals surface area contributed by atoms with E-state index in [4.69, 9.17) is 9.47 Å². The Labute approximate surface area is 235 Å². The number of nitrogens with zero attached hydrogens (tertiary/aromatic N) is 5. The molecule has 6 aromatic rings. The average molecular weight is 550 g/mol. The van der Waals surface area contributed by atoms with Gasteiger partial charge in [-0.3, -0.25) is 15.0 Å². The van der Waals surface area contributed by atoms with Crippen molar-refractivity contribution in [3.05, 3.63) is 73.1 Å². The summed E-state index contributed by atoms with van der Waals surface area (Å²) >= 11 is 0. The summed E-state index contributed by atoms with van der Waals surface area (Å²) in [4.78, 5) is 19.1. The maximum atomic E-state index is 14.7. The molecule has 1 aliphatic heterocycles. The molecule has 0 spiro atoms. The lowest BCUT2D eigenvalue weighted by Crippen LogP contribution is -2.25. The Kier molecular flexibility index (Phi) is 6.52. The van der Waals surface area contributed by atoms with E-state index in [2.05, 4.69) is 35.0 Å². The Bertz CT molecular complexity index is 1860. The number of rotatable bonds is 8. The predicted molar refractivity (Wildman–Crippen MR) is 155 cm³/mol. The van der Waals surface area contributed by atoms with Crippen molar-refractivity contribution >= 4 is 22.1 Å². The fourth-order valence-corrected chi connectivity index (χ4v) is 5.46. The van der Waals surface area contributed by atoms with Gasteiger partial charge in [-0.1, -0.05) is 0 Å². The van der Waals surface area contributed by atoms with Gasteiger partial charge in [0.1, 0.15) is 29.6 Å². The topological polar surface area (TPSA) is 105 Å². The molecule has 9 nitrogen and oxygen atoms in total. The molecular formula is C31H28FN7O2. The Balaban J connectivity index is 1.23. The van der Waals surface area contributed by atoms with Crippen LogP contribution in [0.4, 0.5) is 4.39 Å². The predicted octanol–water partition coefficient (Wildman–Crippen LogP) is 5.85. The summed E-state index contributed by atoms with van der Waals surface area (Å²) in [6, 6.07) is 12.7. The van der Waals surface area contributed by atoms with Crippen LogP contribution in [0.5, 0.6) is 11.5 Å². The number of hydrogen-bond donors (Lipinski definition) is 2. The minimum atomic E-state index is -0.343. The highest BCUT2D eigenvalue weighted by molar-refractivity contribution is 5.99. The van der Waals surface area contributed by atoms with E-state index in [1.807, 2.05) is 30.3 Å². The molecule has 6 heterocycles. The van der Waals surface area contributed by atoms with Gasteiger partial charge in [0.25, 0.3) is 0 Å². The highest BCUT2D eigenvalue weighted by Gasteiger charge is 2.17. The van der Waals surface area contributed by atoms with Crippen LogP contribution in [0.15, 0.2) is 67.3 Å². The van der Waals surface area contributed by atoms with Crippen LogP contribution in [0, 0.1) is 5.82 Å². The maximum Gasteiger partial charge on any atom is 0.181 e. The van der Waals surface area contributed by atoms with Crippen LogP contribution in [0.1, 0.15) is 12.8 Å². The number of benzene rings is 1. The quantitative estimate of drug-likeness (QED) is 0.245. The van der Waals surface area contributed by atoms with E-state index in [-0.39, 0.29) is 5.82 Å². The van der Waals surface area contributed by atoms with Gasteiger partial charge in [0, 0.05) is 53.1 Å². The molecular weight excluding hydrogens is 521 g/mol. The third kappa shape index (κ3) is 4.98. The van der Waals surface area contributed by atoms with Gasteiger partial charge in [0.05, 0.1) is 24.7 Å². The first-order valence-corrected chi connectivity index (χ1v) is 13.6. The summed E-state index contributed by atoms with van der Waals surface area (Å²) in [5.74, 6) is 0.844. The van der Waals surface area contributed by atoms with Crippen LogP contribution in [-0.4, -0.2) is 68.4 Å². The van der Waals surface area contributed by atoms with Gasteiger partial charge in [0.2, 0.25) is 0 Å². The number of likely N-dealkylation sites (tertiary alicyclic amines) is 1. The first-order valence-electron chi connectivity index (χ1n) is 13.6. The van der Waals surface area contributed by atoms with E-state index in [9.17, 15) is 4.39 Å². The van der Waals surface area contributed by atoms with Crippen molar-refractivity contribution in [2.75, 3.05) is 33.4 Å². The van der Waals surface area contributed by atoms with E-state index >= 15 is 0 Å². The number of aromatic nitrogens is 6. The number of aromatic amines is 2. The monoisotopic (exact) mass is 549 g/mol. The van der Waals surface area contributed by atoms with E-state index in [1.54, 1.807) is 31.9 Å². The van der Waals surface area contributed by atoms with Crippen LogP contribution >= 0.6 is 0 Å². The van der Waals surface area contributed by atoms with Crippen LogP contribution < -0.4 is 9.47 Å². The van der Waals surface area contributed by atoms with Gasteiger partial charge in [-0.25, -0.2) is 14.4 Å². The van der Waals surface area contributed by atoms with Crippen molar-refractivity contribution in [2.45, 2.75) is 12.8 Å². The number of fused-ring (bicyclic) bond motifs is 2. The molecule has 0 saturated carbocycles. The molecule has 0 bridgehead atoms. The second-order valence-electron chi connectivity index (χ2n) is 10.2. The molecule has 2 N–H and O–H groups in total. The molecule has 1 fully saturated rings. The lowest BCUT2D eigenvalue weighted by molar-refractivity contribution is 0.237. The zero-order valence-electron chi connectivity index (χ0n) is 22.5. The number of halogens is 1. The van der Waals surface area contributed by atoms with E-state index in [0.29, 0.717) is 29.4 Å². The minimum Gasteiger partial charge on any atom is -0.495 e. The SMILES string of the molecule is COc1cncc(-c2cnc3n[nH]c(-c4cc5c(-c6cc(F)cc(OCCN7CCCC7)c6)ccnc5[nH]4)c3c2)c1. The standard InChI is InChI=1S/C31H28FN7O2/c1-40-24-12-20(16-33-18-24)21-13-27-29(37-38-31(27)35-17-21)28-15-26-25(4-5-34-30(26)36-28)19-10-22(32)14-23(11-19)41-9-8-39-6-2-3-7-39/h4-5,10-18H,2-3,6-9H2,1H3,(H,34,36)(H,35,37,38). The third-order valence-electron chi connectivity index (χ3n) is 7.55. The Morgan fingerprint density at radius 3 is 2.63 bits per heavy atom. The molecule has 10 heteroatoms. The highest BCUT2D eigenvalue weighted by Crippen LogP contribution is 2.35. The lowest BCUT2D eigenvalue weighted by Gasteiger charge is -2.15. The second kappa shape index (κ2) is 10.6. The van der Waals surface area contributed by atoms with Crippen molar-refractivity contribution in [3.63, 3.8) is 0 Å². The Morgan fingerprint density at radius 1 is 0.902 bits per heavy atom. The van der Waals surface area contributed by atoms with Gasteiger partial charge < -0.3 is 14.5 Å². The number of pyridine rings is 3. The molecule has 5 aromatic heterocycles. The number of hydrogen-bond acceptors (Lipinski definition) is 7. The minimum absolute atomic E-state index is 0.343. The zero-order chi connectivity index (χ0) is 27.8. The normalized spacial score (nSPS) is 13.8. The van der Waals surface area contributed by atoms with Crippen LogP contribution in [0.3, 0.4) is 0 Å². The second-order valence-corrected chi connectivity index (χ2v) is 10.2. The highest BCUT2D eigenvalue weighted by atomic mass is 19.1. The van der Waals surface area contributed by atoms with Crippen LogP contribution in [0.25, 0.3) is 55.7 Å². The van der Waals surface area contributed by atoms with Gasteiger partial charge in [0.15, 0.2) is 5.65 Å². The molecule has 1 aromatic carbocycles. The first-order chi connectivity index (χ1) is 20.1. The molecule has 1 aliphatic rings. The number of H-pyrrole nitrogens is 2. The molecule has 0 amide bonds. The van der Waals surface area contributed by atoms with Gasteiger partial charge in [-0.2, -0.15) is 5.10 Å². The molecule has 7 rings (SSSR count). The van der Waals surface area contributed by atoms with Crippen molar-refractivity contribution in [3.8, 4) is 45.1 Å². The summed E-state index contributed by atoms with van der Waals surface area (Å²) in [6.45, 7) is 3.57. The number of nitrogens with one attached hydrogen (secondary N) is 2. The van der Waals surface area contributed by atoms with Crippen LogP contribution in [0.2, 0.25) is 0 Å².